The first-order chi connectivity index (χ1) is 16.1. The fourth-order valence-corrected chi connectivity index (χ4v) is 4.99. The van der Waals surface area contributed by atoms with Crippen molar-refractivity contribution in [3.63, 3.8) is 0 Å². The molecule has 6 rings (SSSR count). The molecular weight excluding hydrogens is 416 g/mol. The SMILES string of the molecule is Cc1nc(N2CCc3[nH]cnc3[C@@H]2c2cc3c(C)cccn3n2)ncc1C(=O)N1CCCC1. The van der Waals surface area contributed by atoms with E-state index in [4.69, 9.17) is 10.1 Å². The van der Waals surface area contributed by atoms with Crippen LogP contribution in [-0.2, 0) is 6.42 Å². The number of H-pyrrole nitrogens is 1. The van der Waals surface area contributed by atoms with Crippen molar-refractivity contribution in [1.29, 1.82) is 0 Å². The molecule has 0 bridgehead atoms. The number of fused-ring (bicyclic) bond motifs is 2. The van der Waals surface area contributed by atoms with Crippen molar-refractivity contribution < 1.29 is 4.79 Å². The van der Waals surface area contributed by atoms with E-state index in [0.29, 0.717) is 17.2 Å². The lowest BCUT2D eigenvalue weighted by molar-refractivity contribution is 0.0791. The minimum atomic E-state index is -0.209. The van der Waals surface area contributed by atoms with Crippen LogP contribution >= 0.6 is 0 Å². The van der Waals surface area contributed by atoms with E-state index < -0.39 is 0 Å². The highest BCUT2D eigenvalue weighted by Gasteiger charge is 2.35. The summed E-state index contributed by atoms with van der Waals surface area (Å²) < 4.78 is 1.91. The van der Waals surface area contributed by atoms with Crippen LogP contribution in [-0.4, -0.2) is 60.0 Å². The Labute approximate surface area is 191 Å². The zero-order chi connectivity index (χ0) is 22.5. The summed E-state index contributed by atoms with van der Waals surface area (Å²) in [5.41, 5.74) is 6.48. The lowest BCUT2D eigenvalue weighted by Crippen LogP contribution is -2.38. The normalized spacial score (nSPS) is 18.2. The largest absolute Gasteiger partial charge is 0.348 e. The number of likely N-dealkylation sites (tertiary alicyclic amines) is 1. The van der Waals surface area contributed by atoms with Gasteiger partial charge in [-0.25, -0.2) is 19.5 Å². The Balaban J connectivity index is 1.41. The Hall–Kier alpha value is -3.75. The van der Waals surface area contributed by atoms with E-state index in [1.807, 2.05) is 28.6 Å². The van der Waals surface area contributed by atoms with Gasteiger partial charge in [-0.05, 0) is 44.4 Å². The molecule has 0 saturated carbocycles. The van der Waals surface area contributed by atoms with E-state index in [-0.39, 0.29) is 11.9 Å². The van der Waals surface area contributed by atoms with Crippen LogP contribution in [0.1, 0.15) is 57.6 Å². The van der Waals surface area contributed by atoms with Crippen LogP contribution in [0.3, 0.4) is 0 Å². The van der Waals surface area contributed by atoms with Crippen LogP contribution in [0.15, 0.2) is 36.9 Å². The number of aromatic amines is 1. The molecule has 1 N–H and O–H groups in total. The number of pyridine rings is 1. The molecule has 1 atom stereocenters. The molecule has 0 radical (unpaired) electrons. The van der Waals surface area contributed by atoms with Gasteiger partial charge in [0.25, 0.3) is 5.91 Å². The highest BCUT2D eigenvalue weighted by Crippen LogP contribution is 2.35. The molecule has 9 nitrogen and oxygen atoms in total. The molecule has 1 amide bonds. The Morgan fingerprint density at radius 1 is 1.15 bits per heavy atom. The Bertz CT molecular complexity index is 1350. The average Bonchev–Trinajstić information content (AvgIpc) is 3.58. The summed E-state index contributed by atoms with van der Waals surface area (Å²) in [6.07, 6.45) is 8.32. The second-order valence-corrected chi connectivity index (χ2v) is 8.87. The van der Waals surface area contributed by atoms with E-state index in [1.165, 1.54) is 0 Å². The Morgan fingerprint density at radius 3 is 2.79 bits per heavy atom. The van der Waals surface area contributed by atoms with Gasteiger partial charge in [-0.2, -0.15) is 5.10 Å². The van der Waals surface area contributed by atoms with E-state index in [9.17, 15) is 4.79 Å². The highest BCUT2D eigenvalue weighted by molar-refractivity contribution is 5.95. The zero-order valence-corrected chi connectivity index (χ0v) is 18.8. The second kappa shape index (κ2) is 7.68. The van der Waals surface area contributed by atoms with Crippen molar-refractivity contribution in [1.82, 2.24) is 34.4 Å². The predicted molar refractivity (Wildman–Crippen MR) is 123 cm³/mol. The zero-order valence-electron chi connectivity index (χ0n) is 18.8. The summed E-state index contributed by atoms with van der Waals surface area (Å²) in [5, 5.41) is 4.88. The molecule has 0 aromatic carbocycles. The number of hydrogen-bond donors (Lipinski definition) is 1. The number of anilines is 1. The quantitative estimate of drug-likeness (QED) is 0.524. The number of imidazole rings is 1. The van der Waals surface area contributed by atoms with E-state index >= 15 is 0 Å². The van der Waals surface area contributed by atoms with Crippen LogP contribution < -0.4 is 4.90 Å². The van der Waals surface area contributed by atoms with E-state index in [2.05, 4.69) is 38.9 Å². The third-order valence-corrected chi connectivity index (χ3v) is 6.78. The number of carbonyl (C=O) groups is 1. The number of nitrogens with zero attached hydrogens (tertiary/aromatic N) is 7. The lowest BCUT2D eigenvalue weighted by atomic mass is 10.00. The first kappa shape index (κ1) is 19.9. The summed E-state index contributed by atoms with van der Waals surface area (Å²) in [6.45, 7) is 6.32. The number of amides is 1. The average molecular weight is 443 g/mol. The summed E-state index contributed by atoms with van der Waals surface area (Å²) in [6, 6.07) is 6.00. The molecule has 4 aromatic rings. The maximum atomic E-state index is 12.9. The van der Waals surface area contributed by atoms with Crippen molar-refractivity contribution in [2.45, 2.75) is 39.2 Å². The number of hydrogen-bond acceptors (Lipinski definition) is 6. The number of aryl methyl sites for hydroxylation is 2. The molecule has 0 aliphatic carbocycles. The van der Waals surface area contributed by atoms with E-state index in [0.717, 1.165) is 67.1 Å². The van der Waals surface area contributed by atoms with Gasteiger partial charge in [-0.3, -0.25) is 4.79 Å². The maximum Gasteiger partial charge on any atom is 0.257 e. The van der Waals surface area contributed by atoms with Gasteiger partial charge in [0, 0.05) is 44.1 Å². The van der Waals surface area contributed by atoms with Crippen molar-refractivity contribution in [2.75, 3.05) is 24.5 Å². The van der Waals surface area contributed by atoms with Crippen molar-refractivity contribution in [2.24, 2.45) is 0 Å². The number of nitrogens with one attached hydrogen (secondary N) is 1. The van der Waals surface area contributed by atoms with Crippen LogP contribution in [0.2, 0.25) is 0 Å². The van der Waals surface area contributed by atoms with Gasteiger partial charge in [0.2, 0.25) is 5.95 Å². The molecule has 1 fully saturated rings. The third-order valence-electron chi connectivity index (χ3n) is 6.78. The highest BCUT2D eigenvalue weighted by atomic mass is 16.2. The number of aromatic nitrogens is 6. The van der Waals surface area contributed by atoms with Gasteiger partial charge in [0.15, 0.2) is 0 Å². The molecule has 4 aromatic heterocycles. The second-order valence-electron chi connectivity index (χ2n) is 8.87. The molecule has 6 heterocycles. The van der Waals surface area contributed by atoms with Gasteiger partial charge < -0.3 is 14.8 Å². The monoisotopic (exact) mass is 442 g/mol. The van der Waals surface area contributed by atoms with Gasteiger partial charge in [-0.15, -0.1) is 0 Å². The maximum absolute atomic E-state index is 12.9. The van der Waals surface area contributed by atoms with Crippen molar-refractivity contribution in [3.05, 3.63) is 70.8 Å². The fraction of sp³-hybridized carbons (Fsp3) is 0.375. The Kier molecular flexibility index (Phi) is 4.63. The molecule has 9 heteroatoms. The van der Waals surface area contributed by atoms with Gasteiger partial charge in [0.05, 0.1) is 34.5 Å². The minimum absolute atomic E-state index is 0.0251. The molecule has 2 aliphatic rings. The number of carbonyl (C=O) groups excluding carboxylic acids is 1. The fourth-order valence-electron chi connectivity index (χ4n) is 4.99. The third kappa shape index (κ3) is 3.26. The van der Waals surface area contributed by atoms with Crippen LogP contribution in [0.5, 0.6) is 0 Å². The van der Waals surface area contributed by atoms with Crippen molar-refractivity contribution >= 4 is 17.4 Å². The first-order valence-corrected chi connectivity index (χ1v) is 11.5. The molecule has 2 aliphatic heterocycles. The van der Waals surface area contributed by atoms with Gasteiger partial charge >= 0.3 is 0 Å². The summed E-state index contributed by atoms with van der Waals surface area (Å²) in [5.74, 6) is 0.620. The molecule has 1 saturated heterocycles. The standard InChI is InChI=1S/C24H26N8O/c1-15-6-5-10-32-20(15)12-19(29-32)22-21-18(26-14-27-21)7-11-31(22)24-25-13-17(16(2)28-24)23(33)30-8-3-4-9-30/h5-6,10,12-14,22H,3-4,7-9,11H2,1-2H3,(H,26,27)/t22-/m0/s1. The summed E-state index contributed by atoms with van der Waals surface area (Å²) in [4.78, 5) is 34.3. The topological polar surface area (TPSA) is 95.3 Å². The van der Waals surface area contributed by atoms with Crippen LogP contribution in [0.25, 0.3) is 5.52 Å². The smallest absolute Gasteiger partial charge is 0.257 e. The van der Waals surface area contributed by atoms with Crippen LogP contribution in [0.4, 0.5) is 5.95 Å². The molecule has 33 heavy (non-hydrogen) atoms. The van der Waals surface area contributed by atoms with Gasteiger partial charge in [-0.1, -0.05) is 6.07 Å². The minimum Gasteiger partial charge on any atom is -0.348 e. The Morgan fingerprint density at radius 2 is 2.00 bits per heavy atom. The first-order valence-electron chi connectivity index (χ1n) is 11.5. The van der Waals surface area contributed by atoms with Gasteiger partial charge in [0.1, 0.15) is 6.04 Å². The van der Waals surface area contributed by atoms with Crippen molar-refractivity contribution in [3.8, 4) is 0 Å². The van der Waals surface area contributed by atoms with Crippen LogP contribution in [0, 0.1) is 13.8 Å². The summed E-state index contributed by atoms with van der Waals surface area (Å²) in [7, 11) is 0. The van der Waals surface area contributed by atoms with E-state index in [1.54, 1.807) is 12.5 Å². The molecule has 168 valence electrons. The number of rotatable bonds is 3. The summed E-state index contributed by atoms with van der Waals surface area (Å²) >= 11 is 0. The predicted octanol–water partition coefficient (Wildman–Crippen LogP) is 2.85. The molecular formula is C24H26N8O. The lowest BCUT2D eigenvalue weighted by Gasteiger charge is -2.34. The molecule has 0 unspecified atom stereocenters. The molecule has 0 spiro atoms.